The first-order valence-corrected chi connectivity index (χ1v) is 9.60. The normalized spacial score (nSPS) is 17.9. The van der Waals surface area contributed by atoms with Gasteiger partial charge in [0.1, 0.15) is 12.6 Å². The number of hydrogen-bond acceptors (Lipinski definition) is 4. The second-order valence-electron chi connectivity index (χ2n) is 6.77. The van der Waals surface area contributed by atoms with E-state index in [2.05, 4.69) is 24.5 Å². The van der Waals surface area contributed by atoms with Crippen molar-refractivity contribution >= 4 is 12.0 Å². The molecule has 0 spiro atoms. The molecule has 2 N–H and O–H groups in total. The zero-order chi connectivity index (χ0) is 18.8. The first-order valence-electron chi connectivity index (χ1n) is 9.60. The molecule has 1 heterocycles. The highest BCUT2D eigenvalue weighted by molar-refractivity contribution is 5.83. The lowest BCUT2D eigenvalue weighted by Gasteiger charge is -2.27. The van der Waals surface area contributed by atoms with Gasteiger partial charge in [0.25, 0.3) is 0 Å². The Morgan fingerprint density at radius 2 is 2.04 bits per heavy atom. The molecule has 26 heavy (non-hydrogen) atoms. The minimum absolute atomic E-state index is 0.0674. The second kappa shape index (κ2) is 10.8. The summed E-state index contributed by atoms with van der Waals surface area (Å²) in [5.41, 5.74) is 0.933. The predicted molar refractivity (Wildman–Crippen MR) is 102 cm³/mol. The van der Waals surface area contributed by atoms with E-state index < -0.39 is 12.1 Å². The Kier molecular flexibility index (Phi) is 8.41. The van der Waals surface area contributed by atoms with Crippen LogP contribution in [-0.2, 0) is 16.1 Å². The van der Waals surface area contributed by atoms with E-state index in [9.17, 15) is 9.59 Å². The zero-order valence-electron chi connectivity index (χ0n) is 15.9. The third-order valence-electron chi connectivity index (χ3n) is 4.90. The highest BCUT2D eigenvalue weighted by Gasteiger charge is 2.28. The van der Waals surface area contributed by atoms with Crippen LogP contribution in [0.1, 0.15) is 38.7 Å². The summed E-state index contributed by atoms with van der Waals surface area (Å²) in [5, 5.41) is 5.95. The van der Waals surface area contributed by atoms with Gasteiger partial charge < -0.3 is 20.3 Å². The highest BCUT2D eigenvalue weighted by Crippen LogP contribution is 2.13. The summed E-state index contributed by atoms with van der Waals surface area (Å²) in [4.78, 5) is 26.6. The average Bonchev–Trinajstić information content (AvgIpc) is 2.85. The Bertz CT molecular complexity index is 561. The molecule has 0 bridgehead atoms. The maximum atomic E-state index is 12.8. The van der Waals surface area contributed by atoms with Crippen LogP contribution in [-0.4, -0.2) is 49.1 Å². The van der Waals surface area contributed by atoms with Gasteiger partial charge in [0.2, 0.25) is 5.91 Å². The van der Waals surface area contributed by atoms with Crippen LogP contribution in [0.3, 0.4) is 0 Å². The standard InChI is InChI=1S/C20H31N3O3/c1-3-16(4-2)14-23-12-8-11-21-18(19(23)24)13-22-20(25)26-15-17-9-6-5-7-10-17/h5-7,9-10,16,18,21H,3-4,8,11-15H2,1-2H3,(H,22,25). The largest absolute Gasteiger partial charge is 0.445 e. The van der Waals surface area contributed by atoms with Crippen LogP contribution in [0.2, 0.25) is 0 Å². The molecule has 1 aromatic carbocycles. The van der Waals surface area contributed by atoms with E-state index in [0.717, 1.165) is 44.5 Å². The molecular weight excluding hydrogens is 330 g/mol. The van der Waals surface area contributed by atoms with Gasteiger partial charge in [-0.1, -0.05) is 57.0 Å². The smallest absolute Gasteiger partial charge is 0.407 e. The number of benzene rings is 1. The van der Waals surface area contributed by atoms with Gasteiger partial charge in [0, 0.05) is 19.6 Å². The molecule has 2 amide bonds. The highest BCUT2D eigenvalue weighted by atomic mass is 16.5. The summed E-state index contributed by atoms with van der Waals surface area (Å²) in [5.74, 6) is 0.597. The summed E-state index contributed by atoms with van der Waals surface area (Å²) >= 11 is 0. The average molecular weight is 361 g/mol. The fraction of sp³-hybridized carbons (Fsp3) is 0.600. The Hall–Kier alpha value is -2.08. The number of amides is 2. The number of alkyl carbamates (subject to hydrolysis) is 1. The Morgan fingerprint density at radius 1 is 1.31 bits per heavy atom. The number of nitrogens with one attached hydrogen (secondary N) is 2. The van der Waals surface area contributed by atoms with E-state index in [1.54, 1.807) is 0 Å². The van der Waals surface area contributed by atoms with Crippen LogP contribution >= 0.6 is 0 Å². The molecule has 1 aliphatic heterocycles. The second-order valence-corrected chi connectivity index (χ2v) is 6.77. The van der Waals surface area contributed by atoms with Crippen LogP contribution in [0.25, 0.3) is 0 Å². The van der Waals surface area contributed by atoms with Crippen LogP contribution in [0, 0.1) is 5.92 Å². The number of carbonyl (C=O) groups is 2. The van der Waals surface area contributed by atoms with Crippen molar-refractivity contribution in [1.29, 1.82) is 0 Å². The topological polar surface area (TPSA) is 70.7 Å². The first kappa shape index (κ1) is 20.2. The molecule has 0 saturated carbocycles. The minimum Gasteiger partial charge on any atom is -0.445 e. The van der Waals surface area contributed by atoms with Crippen LogP contribution in [0.4, 0.5) is 4.79 Å². The van der Waals surface area contributed by atoms with Gasteiger partial charge in [0.15, 0.2) is 0 Å². The third-order valence-corrected chi connectivity index (χ3v) is 4.90. The Labute approximate surface area is 156 Å². The van der Waals surface area contributed by atoms with Crippen molar-refractivity contribution in [3.8, 4) is 0 Å². The van der Waals surface area contributed by atoms with E-state index in [4.69, 9.17) is 4.74 Å². The summed E-state index contributed by atoms with van der Waals surface area (Å²) < 4.78 is 5.21. The quantitative estimate of drug-likeness (QED) is 0.746. The van der Waals surface area contributed by atoms with Crippen molar-refractivity contribution in [2.75, 3.05) is 26.2 Å². The molecule has 1 fully saturated rings. The lowest BCUT2D eigenvalue weighted by atomic mass is 10.0. The molecule has 144 valence electrons. The first-order chi connectivity index (χ1) is 12.6. The van der Waals surface area contributed by atoms with Gasteiger partial charge in [-0.15, -0.1) is 0 Å². The lowest BCUT2D eigenvalue weighted by Crippen LogP contribution is -2.50. The molecule has 1 unspecified atom stereocenters. The maximum absolute atomic E-state index is 12.8. The molecule has 2 rings (SSSR count). The number of rotatable bonds is 8. The van der Waals surface area contributed by atoms with Crippen molar-refractivity contribution in [3.63, 3.8) is 0 Å². The molecule has 1 aromatic rings. The molecule has 1 aliphatic rings. The maximum Gasteiger partial charge on any atom is 0.407 e. The van der Waals surface area contributed by atoms with Crippen molar-refractivity contribution in [3.05, 3.63) is 35.9 Å². The predicted octanol–water partition coefficient (Wildman–Crippen LogP) is 2.54. The molecule has 6 heteroatoms. The van der Waals surface area contributed by atoms with Crippen molar-refractivity contribution in [2.45, 2.75) is 45.8 Å². The van der Waals surface area contributed by atoms with Crippen LogP contribution < -0.4 is 10.6 Å². The van der Waals surface area contributed by atoms with Crippen molar-refractivity contribution in [1.82, 2.24) is 15.5 Å². The van der Waals surface area contributed by atoms with Gasteiger partial charge in [-0.05, 0) is 24.4 Å². The molecule has 6 nitrogen and oxygen atoms in total. The van der Waals surface area contributed by atoms with Gasteiger partial charge >= 0.3 is 6.09 Å². The molecular formula is C20H31N3O3. The zero-order valence-corrected chi connectivity index (χ0v) is 15.9. The summed E-state index contributed by atoms with van der Waals surface area (Å²) in [7, 11) is 0. The van der Waals surface area contributed by atoms with Gasteiger partial charge in [-0.25, -0.2) is 4.79 Å². The number of ether oxygens (including phenoxy) is 1. The van der Waals surface area contributed by atoms with Crippen molar-refractivity contribution < 1.29 is 14.3 Å². The SMILES string of the molecule is CCC(CC)CN1CCCNC(CNC(=O)OCc2ccccc2)C1=O. The Morgan fingerprint density at radius 3 is 2.73 bits per heavy atom. The monoisotopic (exact) mass is 361 g/mol. The van der Waals surface area contributed by atoms with E-state index >= 15 is 0 Å². The summed E-state index contributed by atoms with van der Waals surface area (Å²) in [6.07, 6.45) is 2.57. The van der Waals surface area contributed by atoms with E-state index in [-0.39, 0.29) is 19.1 Å². The molecule has 1 atom stereocenters. The number of hydrogen-bond donors (Lipinski definition) is 2. The molecule has 0 aliphatic carbocycles. The van der Waals surface area contributed by atoms with Crippen molar-refractivity contribution in [2.24, 2.45) is 5.92 Å². The molecule has 0 radical (unpaired) electrons. The summed E-state index contributed by atoms with van der Waals surface area (Å²) in [6, 6.07) is 9.13. The van der Waals surface area contributed by atoms with E-state index in [1.807, 2.05) is 35.2 Å². The van der Waals surface area contributed by atoms with Crippen LogP contribution in [0.5, 0.6) is 0 Å². The van der Waals surface area contributed by atoms with E-state index in [0.29, 0.717) is 5.92 Å². The Balaban J connectivity index is 1.80. The fourth-order valence-corrected chi connectivity index (χ4v) is 3.12. The summed E-state index contributed by atoms with van der Waals surface area (Å²) in [6.45, 7) is 7.13. The number of nitrogens with zero attached hydrogens (tertiary/aromatic N) is 1. The van der Waals surface area contributed by atoms with Gasteiger partial charge in [-0.3, -0.25) is 4.79 Å². The van der Waals surface area contributed by atoms with Gasteiger partial charge in [-0.2, -0.15) is 0 Å². The molecule has 1 saturated heterocycles. The lowest BCUT2D eigenvalue weighted by molar-refractivity contribution is -0.133. The van der Waals surface area contributed by atoms with Crippen LogP contribution in [0.15, 0.2) is 30.3 Å². The number of carbonyl (C=O) groups excluding carboxylic acids is 2. The fourth-order valence-electron chi connectivity index (χ4n) is 3.12. The molecule has 0 aromatic heterocycles. The third kappa shape index (κ3) is 6.33. The van der Waals surface area contributed by atoms with E-state index in [1.165, 1.54) is 0 Å². The minimum atomic E-state index is -0.501. The van der Waals surface area contributed by atoms with Gasteiger partial charge in [0.05, 0.1) is 0 Å².